The van der Waals surface area contributed by atoms with Crippen molar-refractivity contribution in [2.24, 2.45) is 0 Å². The van der Waals surface area contributed by atoms with Gasteiger partial charge in [-0.1, -0.05) is 0 Å². The van der Waals surface area contributed by atoms with Crippen LogP contribution in [0.4, 0.5) is 0 Å². The van der Waals surface area contributed by atoms with E-state index in [1.54, 1.807) is 0 Å². The van der Waals surface area contributed by atoms with Gasteiger partial charge in [0.05, 0.1) is 0 Å². The highest BCUT2D eigenvalue weighted by Gasteiger charge is 2.01. The molecule has 2 aromatic heterocycles. The molecule has 0 unspecified atom stereocenters. The summed E-state index contributed by atoms with van der Waals surface area (Å²) in [4.78, 5) is 0. The first kappa shape index (κ1) is 7.53. The molecule has 0 amide bonds. The summed E-state index contributed by atoms with van der Waals surface area (Å²) in [6.45, 7) is 0.255. The first-order valence-electron chi connectivity index (χ1n) is 3.40. The third-order valence-electron chi connectivity index (χ3n) is 1.31. The van der Waals surface area contributed by atoms with Crippen molar-refractivity contribution >= 4 is 0 Å². The van der Waals surface area contributed by atoms with Crippen LogP contribution < -0.4 is 31.0 Å². The van der Waals surface area contributed by atoms with E-state index in [9.17, 15) is 0 Å². The van der Waals surface area contributed by atoms with Crippen molar-refractivity contribution in [2.75, 3.05) is 0 Å². The highest BCUT2D eigenvalue weighted by molar-refractivity contribution is 4.40. The average molecular weight is 182 g/mol. The van der Waals surface area contributed by atoms with Crippen LogP contribution in [0.3, 0.4) is 0 Å². The largest absolute Gasteiger partial charge is 0.487 e. The van der Waals surface area contributed by atoms with Crippen molar-refractivity contribution in [3.63, 3.8) is 0 Å². The van der Waals surface area contributed by atoms with Crippen LogP contribution in [0.15, 0.2) is 21.4 Å². The Morgan fingerprint density at radius 2 is 1.54 bits per heavy atom. The highest BCUT2D eigenvalue weighted by atomic mass is 16.5. The van der Waals surface area contributed by atoms with Crippen molar-refractivity contribution < 1.29 is 18.4 Å². The second kappa shape index (κ2) is 2.73. The lowest BCUT2D eigenvalue weighted by Crippen LogP contribution is -2.55. The average Bonchev–Trinajstić information content (AvgIpc) is 2.62. The van der Waals surface area contributed by atoms with E-state index in [1.807, 2.05) is 0 Å². The van der Waals surface area contributed by atoms with E-state index in [1.165, 1.54) is 21.8 Å². The van der Waals surface area contributed by atoms with Crippen LogP contribution in [0, 0.1) is 10.8 Å². The molecule has 8 nitrogen and oxygen atoms in total. The van der Waals surface area contributed by atoms with Gasteiger partial charge in [-0.3, -0.25) is 21.4 Å². The van der Waals surface area contributed by atoms with Crippen LogP contribution in [-0.4, -0.2) is 0 Å². The fourth-order valence-corrected chi connectivity index (χ4v) is 0.840. The molecule has 0 bridgehead atoms. The summed E-state index contributed by atoms with van der Waals surface area (Å²) in [7, 11) is 0. The number of rotatable bonds is 2. The van der Waals surface area contributed by atoms with Crippen molar-refractivity contribution in [3.05, 3.63) is 23.5 Å². The fraction of sp³-hybridized carbons (Fsp3) is 0.200. The Morgan fingerprint density at radius 1 is 1.08 bits per heavy atom. The zero-order chi connectivity index (χ0) is 9.26. The Labute approximate surface area is 71.0 Å². The predicted octanol–water partition coefficient (Wildman–Crippen LogP) is -3.17. The molecule has 0 aliphatic carbocycles. The number of nitrogens with zero attached hydrogens (tertiary/aromatic N) is 4. The second-order valence-corrected chi connectivity index (χ2v) is 2.35. The summed E-state index contributed by atoms with van der Waals surface area (Å²) in [5.41, 5.74) is -0.0645. The highest BCUT2D eigenvalue weighted by Crippen LogP contribution is 1.57. The van der Waals surface area contributed by atoms with Gasteiger partial charge in [0.25, 0.3) is 11.1 Å². The monoisotopic (exact) mass is 182 g/mol. The maximum Gasteiger partial charge on any atom is 0.330 e. The Hall–Kier alpha value is -2.12. The first-order valence-corrected chi connectivity index (χ1v) is 3.40. The van der Waals surface area contributed by atoms with E-state index >= 15 is 0 Å². The number of aromatic nitrogens is 4. The molecule has 0 saturated heterocycles. The third-order valence-corrected chi connectivity index (χ3v) is 1.31. The maximum absolute atomic E-state index is 7.05. The third kappa shape index (κ3) is 1.55. The normalized spacial score (nSPS) is 10.5. The van der Waals surface area contributed by atoms with Crippen molar-refractivity contribution in [2.45, 2.75) is 6.67 Å². The molecule has 8 heteroatoms. The van der Waals surface area contributed by atoms with Gasteiger partial charge in [-0.2, -0.15) is 9.36 Å². The molecule has 0 aliphatic heterocycles. The van der Waals surface area contributed by atoms with Gasteiger partial charge in [-0.15, -0.1) is 0 Å². The Balaban J connectivity index is 2.23. The first-order chi connectivity index (χ1) is 6.24. The van der Waals surface area contributed by atoms with Crippen LogP contribution >= 0.6 is 0 Å². The van der Waals surface area contributed by atoms with Gasteiger partial charge >= 0.3 is 6.67 Å². The molecular weight excluding hydrogens is 176 g/mol. The van der Waals surface area contributed by atoms with E-state index < -0.39 is 0 Å². The minimum atomic E-state index is -0.0322. The van der Waals surface area contributed by atoms with Crippen molar-refractivity contribution in [1.29, 1.82) is 10.8 Å². The van der Waals surface area contributed by atoms with Gasteiger partial charge in [0.2, 0.25) is 12.4 Å². The molecule has 2 rings (SSSR count). The maximum atomic E-state index is 7.05. The van der Waals surface area contributed by atoms with Gasteiger partial charge in [0, 0.05) is 0 Å². The van der Waals surface area contributed by atoms with Gasteiger partial charge in [-0.25, -0.2) is 0 Å². The molecule has 0 fully saturated rings. The van der Waals surface area contributed by atoms with E-state index in [4.69, 9.17) is 10.8 Å². The molecule has 0 radical (unpaired) electrons. The molecule has 13 heavy (non-hydrogen) atoms. The molecule has 0 atom stereocenters. The van der Waals surface area contributed by atoms with E-state index in [-0.39, 0.29) is 17.8 Å². The minimum Gasteiger partial charge on any atom is -0.487 e. The summed E-state index contributed by atoms with van der Waals surface area (Å²) < 4.78 is 11.7. The Morgan fingerprint density at radius 3 is 1.85 bits per heavy atom. The molecule has 0 spiro atoms. The van der Waals surface area contributed by atoms with Gasteiger partial charge in [0.1, 0.15) is 0 Å². The SMILES string of the molecule is N=c1c[n+](C[n+]2cc(=N)o[n-]2)[n-]o1. The zero-order valence-corrected chi connectivity index (χ0v) is 6.47. The molecular formula is C5H6N6O2. The van der Waals surface area contributed by atoms with Crippen LogP contribution in [0.1, 0.15) is 0 Å². The molecule has 2 heterocycles. The number of nitrogens with one attached hydrogen (secondary N) is 2. The molecule has 0 saturated carbocycles. The van der Waals surface area contributed by atoms with Crippen LogP contribution in [0.2, 0.25) is 0 Å². The lowest BCUT2D eigenvalue weighted by Gasteiger charge is -1.93. The summed E-state index contributed by atoms with van der Waals surface area (Å²) in [5, 5.41) is 21.1. The summed E-state index contributed by atoms with van der Waals surface area (Å²) in [5.74, 6) is 0. The fourth-order valence-electron chi connectivity index (χ4n) is 0.840. The standard InChI is InChI=1S/C5H6N6O2/c6-4-1-10(8-12-4)3-11-2-5(7)13-9-11/h1-2,6-7H,3H2. The lowest BCUT2D eigenvalue weighted by molar-refractivity contribution is -0.972. The Kier molecular flexibility index (Phi) is 1.58. The van der Waals surface area contributed by atoms with Crippen molar-refractivity contribution in [1.82, 2.24) is 10.5 Å². The summed E-state index contributed by atoms with van der Waals surface area (Å²) >= 11 is 0. The topological polar surface area (TPSA) is 110 Å². The Bertz CT molecular complexity index is 455. The van der Waals surface area contributed by atoms with Gasteiger partial charge in [0.15, 0.2) is 0 Å². The van der Waals surface area contributed by atoms with Gasteiger partial charge in [-0.05, 0) is 0 Å². The number of hydrogen-bond donors (Lipinski definition) is 2. The second-order valence-electron chi connectivity index (χ2n) is 2.35. The van der Waals surface area contributed by atoms with Crippen LogP contribution in [-0.2, 0) is 6.67 Å². The smallest absolute Gasteiger partial charge is 0.330 e. The minimum absolute atomic E-state index is 0.0322. The molecule has 2 aromatic rings. The lowest BCUT2D eigenvalue weighted by atomic mass is 10.8. The van der Waals surface area contributed by atoms with Crippen LogP contribution in [0.5, 0.6) is 0 Å². The molecule has 0 aromatic carbocycles. The quantitative estimate of drug-likeness (QED) is 0.477. The van der Waals surface area contributed by atoms with E-state index in [0.29, 0.717) is 0 Å². The molecule has 68 valence electrons. The van der Waals surface area contributed by atoms with E-state index in [0.717, 1.165) is 0 Å². The summed E-state index contributed by atoms with van der Waals surface area (Å²) in [6.07, 6.45) is 2.79. The summed E-state index contributed by atoms with van der Waals surface area (Å²) in [6, 6.07) is 0. The zero-order valence-electron chi connectivity index (χ0n) is 6.47. The number of hydrogen-bond acceptors (Lipinski definition) is 4. The molecule has 2 N–H and O–H groups in total. The van der Waals surface area contributed by atoms with Crippen molar-refractivity contribution in [3.8, 4) is 0 Å². The van der Waals surface area contributed by atoms with Gasteiger partial charge < -0.3 is 9.05 Å². The predicted molar refractivity (Wildman–Crippen MR) is 31.6 cm³/mol. The van der Waals surface area contributed by atoms with E-state index in [2.05, 4.69) is 19.6 Å². The molecule has 0 aliphatic rings. The van der Waals surface area contributed by atoms with Crippen LogP contribution in [0.25, 0.3) is 0 Å².